The van der Waals surface area contributed by atoms with E-state index in [1.807, 2.05) is 35.0 Å². The van der Waals surface area contributed by atoms with Crippen LogP contribution in [0.5, 0.6) is 0 Å². The lowest BCUT2D eigenvalue weighted by molar-refractivity contribution is 0.369. The number of para-hydroxylation sites is 1. The van der Waals surface area contributed by atoms with Crippen LogP contribution < -0.4 is 5.73 Å². The molecular formula is C16H20N4. The summed E-state index contributed by atoms with van der Waals surface area (Å²) in [5.41, 5.74) is 10.7. The normalized spacial score (nSPS) is 16.2. The van der Waals surface area contributed by atoms with Crippen LogP contribution in [-0.2, 0) is 0 Å². The average Bonchev–Trinajstić information content (AvgIpc) is 2.77. The van der Waals surface area contributed by atoms with Crippen molar-refractivity contribution in [3.05, 3.63) is 47.7 Å². The minimum atomic E-state index is 0.728. The van der Waals surface area contributed by atoms with Crippen LogP contribution in [0.2, 0.25) is 0 Å². The molecule has 1 aromatic heterocycles. The first kappa shape index (κ1) is 12.9. The van der Waals surface area contributed by atoms with Crippen LogP contribution >= 0.6 is 0 Å². The highest BCUT2D eigenvalue weighted by Gasteiger charge is 2.18. The summed E-state index contributed by atoms with van der Waals surface area (Å²) in [5.74, 6) is 0.728. The zero-order valence-corrected chi connectivity index (χ0v) is 12.0. The molecule has 0 unspecified atom stereocenters. The molecule has 4 nitrogen and oxygen atoms in total. The second-order valence-corrected chi connectivity index (χ2v) is 5.35. The Morgan fingerprint density at radius 1 is 1.20 bits per heavy atom. The molecule has 0 saturated heterocycles. The minimum absolute atomic E-state index is 0.728. The Labute approximate surface area is 119 Å². The van der Waals surface area contributed by atoms with Crippen LogP contribution in [0.15, 0.2) is 36.4 Å². The highest BCUT2D eigenvalue weighted by atomic mass is 15.3. The smallest absolute Gasteiger partial charge is 0.130 e. The average molecular weight is 268 g/mol. The van der Waals surface area contributed by atoms with Gasteiger partial charge in [-0.2, -0.15) is 5.10 Å². The number of nitrogens with two attached hydrogens (primary N) is 1. The molecule has 0 amide bonds. The second kappa shape index (κ2) is 5.13. The van der Waals surface area contributed by atoms with E-state index in [2.05, 4.69) is 24.9 Å². The number of hydrogen-bond donors (Lipinski definition) is 1. The molecule has 20 heavy (non-hydrogen) atoms. The zero-order chi connectivity index (χ0) is 14.1. The van der Waals surface area contributed by atoms with E-state index in [-0.39, 0.29) is 0 Å². The summed E-state index contributed by atoms with van der Waals surface area (Å²) >= 11 is 0. The number of nitrogens with zero attached hydrogens (tertiary/aromatic N) is 3. The highest BCUT2D eigenvalue weighted by Crippen LogP contribution is 2.28. The Balaban J connectivity index is 2.02. The van der Waals surface area contributed by atoms with Gasteiger partial charge >= 0.3 is 0 Å². The first-order valence-electron chi connectivity index (χ1n) is 6.95. The molecule has 1 aromatic carbocycles. The van der Waals surface area contributed by atoms with Crippen molar-refractivity contribution in [3.8, 4) is 5.69 Å². The van der Waals surface area contributed by atoms with E-state index in [9.17, 15) is 0 Å². The monoisotopic (exact) mass is 268 g/mol. The fourth-order valence-corrected chi connectivity index (χ4v) is 2.57. The maximum atomic E-state index is 6.23. The molecule has 0 fully saturated rings. The first-order valence-corrected chi connectivity index (χ1v) is 6.95. The zero-order valence-electron chi connectivity index (χ0n) is 12.0. The molecule has 0 atom stereocenters. The van der Waals surface area contributed by atoms with Crippen LogP contribution in [0.25, 0.3) is 11.3 Å². The lowest BCUT2D eigenvalue weighted by atomic mass is 10.0. The van der Waals surface area contributed by atoms with E-state index in [0.717, 1.165) is 42.3 Å². The fourth-order valence-electron chi connectivity index (χ4n) is 2.57. The summed E-state index contributed by atoms with van der Waals surface area (Å²) in [5, 5.41) is 4.73. The number of aromatic nitrogens is 2. The second-order valence-electron chi connectivity index (χ2n) is 5.35. The maximum Gasteiger partial charge on any atom is 0.130 e. The Hall–Kier alpha value is -2.07. The predicted octanol–water partition coefficient (Wildman–Crippen LogP) is 2.48. The summed E-state index contributed by atoms with van der Waals surface area (Å²) < 4.78 is 1.84. The van der Waals surface area contributed by atoms with E-state index >= 15 is 0 Å². The topological polar surface area (TPSA) is 47.1 Å². The van der Waals surface area contributed by atoms with Crippen molar-refractivity contribution in [2.75, 3.05) is 25.9 Å². The lowest BCUT2D eigenvalue weighted by Crippen LogP contribution is -2.23. The number of anilines is 1. The first-order chi connectivity index (χ1) is 9.66. The molecular weight excluding hydrogens is 248 g/mol. The summed E-state index contributed by atoms with van der Waals surface area (Å²) in [4.78, 5) is 2.30. The Morgan fingerprint density at radius 3 is 2.60 bits per heavy atom. The van der Waals surface area contributed by atoms with Gasteiger partial charge in [-0.15, -0.1) is 0 Å². The Kier molecular flexibility index (Phi) is 3.32. The van der Waals surface area contributed by atoms with Gasteiger partial charge in [-0.1, -0.05) is 24.3 Å². The molecule has 0 saturated carbocycles. The highest BCUT2D eigenvalue weighted by molar-refractivity contribution is 5.70. The predicted molar refractivity (Wildman–Crippen MR) is 82.8 cm³/mol. The summed E-state index contributed by atoms with van der Waals surface area (Å²) in [6.45, 7) is 4.10. The number of likely N-dealkylation sites (N-methyl/N-ethyl adjacent to an activating group) is 1. The third-order valence-corrected chi connectivity index (χ3v) is 3.88. The van der Waals surface area contributed by atoms with Gasteiger partial charge in [0.25, 0.3) is 0 Å². The van der Waals surface area contributed by atoms with Gasteiger partial charge in [0.2, 0.25) is 0 Å². The van der Waals surface area contributed by atoms with Crippen LogP contribution in [0.4, 0.5) is 5.82 Å². The SMILES string of the molecule is Cc1c(C2=CCN(C)CC2)nn(-c2ccccc2)c1N. The molecule has 2 N–H and O–H groups in total. The van der Waals surface area contributed by atoms with Gasteiger partial charge in [-0.25, -0.2) is 4.68 Å². The van der Waals surface area contributed by atoms with E-state index in [0.29, 0.717) is 0 Å². The Bertz CT molecular complexity index is 640. The van der Waals surface area contributed by atoms with Gasteiger partial charge in [0.15, 0.2) is 0 Å². The molecule has 104 valence electrons. The van der Waals surface area contributed by atoms with Crippen LogP contribution in [0, 0.1) is 6.92 Å². The van der Waals surface area contributed by atoms with E-state index in [4.69, 9.17) is 10.8 Å². The summed E-state index contributed by atoms with van der Waals surface area (Å²) in [6.07, 6.45) is 3.29. The van der Waals surface area contributed by atoms with Crippen molar-refractivity contribution < 1.29 is 0 Å². The minimum Gasteiger partial charge on any atom is -0.383 e. The molecule has 1 aliphatic rings. The maximum absolute atomic E-state index is 6.23. The van der Waals surface area contributed by atoms with Crippen LogP contribution in [0.3, 0.4) is 0 Å². The van der Waals surface area contributed by atoms with Crippen molar-refractivity contribution >= 4 is 11.4 Å². The molecule has 1 aliphatic heterocycles. The molecule has 3 rings (SSSR count). The van der Waals surface area contributed by atoms with Crippen molar-refractivity contribution in [1.29, 1.82) is 0 Å². The van der Waals surface area contributed by atoms with E-state index in [1.165, 1.54) is 5.57 Å². The third-order valence-electron chi connectivity index (χ3n) is 3.88. The molecule has 0 bridgehead atoms. The molecule has 2 heterocycles. The van der Waals surface area contributed by atoms with Gasteiger partial charge in [0.05, 0.1) is 11.4 Å². The number of rotatable bonds is 2. The summed E-state index contributed by atoms with van der Waals surface area (Å²) in [7, 11) is 2.14. The van der Waals surface area contributed by atoms with Crippen LogP contribution in [0.1, 0.15) is 17.7 Å². The van der Waals surface area contributed by atoms with Crippen molar-refractivity contribution in [2.45, 2.75) is 13.3 Å². The molecule has 0 spiro atoms. The Morgan fingerprint density at radius 2 is 1.95 bits per heavy atom. The quantitative estimate of drug-likeness (QED) is 0.910. The van der Waals surface area contributed by atoms with E-state index in [1.54, 1.807) is 0 Å². The number of nitrogen functional groups attached to an aromatic ring is 1. The van der Waals surface area contributed by atoms with Gasteiger partial charge in [0, 0.05) is 18.7 Å². The summed E-state index contributed by atoms with van der Waals surface area (Å²) in [6, 6.07) is 10.0. The third kappa shape index (κ3) is 2.23. The number of benzene rings is 1. The van der Waals surface area contributed by atoms with Crippen molar-refractivity contribution in [2.24, 2.45) is 0 Å². The van der Waals surface area contributed by atoms with Crippen molar-refractivity contribution in [3.63, 3.8) is 0 Å². The van der Waals surface area contributed by atoms with Gasteiger partial charge in [0.1, 0.15) is 5.82 Å². The van der Waals surface area contributed by atoms with Gasteiger partial charge < -0.3 is 10.6 Å². The standard InChI is InChI=1S/C16H20N4/c1-12-15(13-8-10-19(2)11-9-13)18-20(16(12)17)14-6-4-3-5-7-14/h3-8H,9-11,17H2,1-2H3. The van der Waals surface area contributed by atoms with Crippen molar-refractivity contribution in [1.82, 2.24) is 14.7 Å². The largest absolute Gasteiger partial charge is 0.383 e. The van der Waals surface area contributed by atoms with Gasteiger partial charge in [-0.05, 0) is 38.1 Å². The molecule has 2 aromatic rings. The van der Waals surface area contributed by atoms with Crippen LogP contribution in [-0.4, -0.2) is 34.8 Å². The fraction of sp³-hybridized carbons (Fsp3) is 0.312. The van der Waals surface area contributed by atoms with Gasteiger partial charge in [-0.3, -0.25) is 0 Å². The van der Waals surface area contributed by atoms with E-state index < -0.39 is 0 Å². The molecule has 4 heteroatoms. The number of hydrogen-bond acceptors (Lipinski definition) is 3. The lowest BCUT2D eigenvalue weighted by Gasteiger charge is -2.21. The molecule has 0 aliphatic carbocycles. The molecule has 0 radical (unpaired) electrons.